The van der Waals surface area contributed by atoms with Crippen LogP contribution in [0.15, 0.2) is 0 Å². The molecule has 0 rings (SSSR count). The van der Waals surface area contributed by atoms with E-state index in [0.29, 0.717) is 0 Å². The number of nitrogens with one attached hydrogen (secondary N) is 2. The van der Waals surface area contributed by atoms with Crippen molar-refractivity contribution in [2.24, 2.45) is 11.5 Å². The number of guanidine groups is 1. The Bertz CT molecular complexity index is 86.6. The molecule has 4 nitrogen and oxygen atoms in total. The Morgan fingerprint density at radius 3 is 1.44 bits per heavy atom. The predicted molar refractivity (Wildman–Crippen MR) is 54.0 cm³/mol. The first kappa shape index (κ1) is 22.6. The minimum atomic E-state index is -0.333. The molecule has 7 heteroatoms. The van der Waals surface area contributed by atoms with Crippen molar-refractivity contribution in [2.75, 3.05) is 0 Å². The van der Waals surface area contributed by atoms with Gasteiger partial charge in [0.25, 0.3) is 0 Å². The van der Waals surface area contributed by atoms with Crippen LogP contribution in [0.25, 0.3) is 0 Å². The van der Waals surface area contributed by atoms with Crippen molar-refractivity contribution in [1.29, 1.82) is 10.8 Å². The third-order valence-electron chi connectivity index (χ3n) is 0. The summed E-state index contributed by atoms with van der Waals surface area (Å²) in [5.74, 6) is -0.333. The summed E-state index contributed by atoms with van der Waals surface area (Å²) in [6.07, 6.45) is 0. The Kier molecular flexibility index (Phi) is 58.2. The standard InChI is InChI=1S/CH5N3.CHNS.HI.Na.H/c2-1(3)4;2-1-3;;;/h(H5,2,3,4);2H;1H;;. The van der Waals surface area contributed by atoms with Gasteiger partial charge in [0, 0.05) is 0 Å². The topological polar surface area (TPSA) is 99.7 Å². The van der Waals surface area contributed by atoms with Crippen molar-refractivity contribution in [3.63, 3.8) is 0 Å². The van der Waals surface area contributed by atoms with Gasteiger partial charge >= 0.3 is 29.6 Å². The Labute approximate surface area is 98.1 Å². The molecule has 0 aliphatic carbocycles. The molecule has 0 aromatic rings. The quantitative estimate of drug-likeness (QED) is 0.157. The summed E-state index contributed by atoms with van der Waals surface area (Å²) in [6, 6.07) is 0. The second kappa shape index (κ2) is 23.2. The van der Waals surface area contributed by atoms with Crippen LogP contribution in [-0.2, 0) is 0 Å². The summed E-state index contributed by atoms with van der Waals surface area (Å²) in [6.45, 7) is 0. The Morgan fingerprint density at radius 1 is 1.44 bits per heavy atom. The van der Waals surface area contributed by atoms with Crippen LogP contribution < -0.4 is 11.5 Å². The van der Waals surface area contributed by atoms with E-state index in [2.05, 4.69) is 23.7 Å². The molecular formula is C2H8IN4NaS. The van der Waals surface area contributed by atoms with E-state index < -0.39 is 0 Å². The van der Waals surface area contributed by atoms with Gasteiger partial charge in [-0.05, 0) is 12.2 Å². The zero-order valence-electron chi connectivity index (χ0n) is 3.97. The zero-order valence-corrected chi connectivity index (χ0v) is 7.12. The maximum atomic E-state index is 6.06. The summed E-state index contributed by atoms with van der Waals surface area (Å²) in [4.78, 5) is 0. The van der Waals surface area contributed by atoms with Crippen LogP contribution in [0.3, 0.4) is 0 Å². The molecular weight excluding hydrogens is 262 g/mol. The first-order valence-corrected chi connectivity index (χ1v) is 1.69. The van der Waals surface area contributed by atoms with E-state index in [1.165, 1.54) is 0 Å². The molecule has 0 heterocycles. The van der Waals surface area contributed by atoms with Crippen LogP contribution in [0.1, 0.15) is 0 Å². The number of rotatable bonds is 0. The third kappa shape index (κ3) is 636. The second-order valence-electron chi connectivity index (χ2n) is 0.557. The van der Waals surface area contributed by atoms with Crippen LogP contribution >= 0.6 is 36.2 Å². The summed E-state index contributed by atoms with van der Waals surface area (Å²) in [5, 5.41) is 13.4. The van der Waals surface area contributed by atoms with Crippen molar-refractivity contribution in [2.45, 2.75) is 0 Å². The Balaban J connectivity index is -0.0000000233. The molecule has 0 bridgehead atoms. The van der Waals surface area contributed by atoms with Gasteiger partial charge in [-0.25, -0.2) is 5.41 Å². The fourth-order valence-corrected chi connectivity index (χ4v) is 0. The molecule has 50 valence electrons. The molecule has 0 fully saturated rings. The van der Waals surface area contributed by atoms with E-state index >= 15 is 0 Å². The van der Waals surface area contributed by atoms with Crippen LogP contribution in [0.2, 0.25) is 0 Å². The summed E-state index contributed by atoms with van der Waals surface area (Å²) >= 11 is 3.81. The zero-order chi connectivity index (χ0) is 6.28. The van der Waals surface area contributed by atoms with Gasteiger partial charge in [-0.15, -0.1) is 24.0 Å². The molecule has 0 saturated heterocycles. The van der Waals surface area contributed by atoms with Gasteiger partial charge in [0.1, 0.15) is 0 Å². The van der Waals surface area contributed by atoms with Crippen molar-refractivity contribution in [3.8, 4) is 0 Å². The molecule has 0 unspecified atom stereocenters. The molecule has 0 amide bonds. The van der Waals surface area contributed by atoms with Crippen LogP contribution in [0.5, 0.6) is 0 Å². The van der Waals surface area contributed by atoms with Gasteiger partial charge in [-0.2, -0.15) is 0 Å². The first-order chi connectivity index (χ1) is 3.15. The summed E-state index contributed by atoms with van der Waals surface area (Å²) in [5.41, 5.74) is 8.94. The molecule has 0 atom stereocenters. The normalized spacial score (nSPS) is 3.56. The van der Waals surface area contributed by atoms with E-state index in [1.807, 2.05) is 0 Å². The number of hydrogen-bond acceptors (Lipinski definition) is 3. The monoisotopic (exact) mass is 270 g/mol. The van der Waals surface area contributed by atoms with Gasteiger partial charge in [-0.3, -0.25) is 5.41 Å². The molecule has 0 radical (unpaired) electrons. The van der Waals surface area contributed by atoms with Crippen molar-refractivity contribution >= 4 is 76.9 Å². The van der Waals surface area contributed by atoms with Crippen LogP contribution in [-0.4, -0.2) is 40.7 Å². The first-order valence-electron chi connectivity index (χ1n) is 1.28. The van der Waals surface area contributed by atoms with E-state index in [1.54, 1.807) is 5.16 Å². The average Bonchev–Trinajstić information content (AvgIpc) is 1.33. The van der Waals surface area contributed by atoms with Crippen LogP contribution in [0, 0.1) is 10.8 Å². The average molecular weight is 270 g/mol. The van der Waals surface area contributed by atoms with Gasteiger partial charge in [-0.1, -0.05) is 0 Å². The fourth-order valence-electron chi connectivity index (χ4n) is 0. The van der Waals surface area contributed by atoms with Crippen molar-refractivity contribution in [1.82, 2.24) is 0 Å². The van der Waals surface area contributed by atoms with Gasteiger partial charge in [0.05, 0.1) is 5.16 Å². The molecule has 0 aromatic carbocycles. The van der Waals surface area contributed by atoms with E-state index in [4.69, 9.17) is 10.8 Å². The third-order valence-corrected chi connectivity index (χ3v) is 0. The fraction of sp³-hybridized carbons (Fsp3) is 0. The molecule has 0 aromatic heterocycles. The molecule has 0 aliphatic rings. The van der Waals surface area contributed by atoms with Crippen LogP contribution in [0.4, 0.5) is 0 Å². The molecule has 9 heavy (non-hydrogen) atoms. The SMILES string of the molecule is I.N=C(N)N.N=C=S.[NaH]. The molecule has 0 spiro atoms. The number of nitrogens with two attached hydrogens (primary N) is 2. The number of isothiocyanates is 1. The van der Waals surface area contributed by atoms with Crippen molar-refractivity contribution < 1.29 is 0 Å². The molecule has 0 aliphatic heterocycles. The second-order valence-corrected chi connectivity index (χ2v) is 0.762. The number of thiocarbonyl (C=S) groups is 1. The van der Waals surface area contributed by atoms with E-state index in [0.717, 1.165) is 0 Å². The molecule has 6 N–H and O–H groups in total. The molecule has 0 saturated carbocycles. The van der Waals surface area contributed by atoms with E-state index in [-0.39, 0.29) is 59.5 Å². The van der Waals surface area contributed by atoms with Crippen molar-refractivity contribution in [3.05, 3.63) is 0 Å². The summed E-state index contributed by atoms with van der Waals surface area (Å²) < 4.78 is 0. The van der Waals surface area contributed by atoms with E-state index in [9.17, 15) is 0 Å². The predicted octanol–water partition coefficient (Wildman–Crippen LogP) is -0.524. The Hall–Kier alpha value is 0.800. The van der Waals surface area contributed by atoms with Gasteiger partial charge < -0.3 is 11.5 Å². The summed E-state index contributed by atoms with van der Waals surface area (Å²) in [7, 11) is 0. The number of hydrogen-bond donors (Lipinski definition) is 4. The number of halogens is 1. The van der Waals surface area contributed by atoms with Gasteiger partial charge in [0.15, 0.2) is 5.96 Å². The Morgan fingerprint density at radius 2 is 1.44 bits per heavy atom. The minimum absolute atomic E-state index is 0. The maximum absolute atomic E-state index is 6.06. The van der Waals surface area contributed by atoms with Gasteiger partial charge in [0.2, 0.25) is 0 Å².